The highest BCUT2D eigenvalue weighted by molar-refractivity contribution is 6.37. The van der Waals surface area contributed by atoms with Crippen LogP contribution in [0.4, 0.5) is 16.0 Å². The molecule has 2 aromatic rings. The Bertz CT molecular complexity index is 605. The number of pyridine rings is 1. The molecule has 0 saturated heterocycles. The van der Waals surface area contributed by atoms with E-state index >= 15 is 0 Å². The largest absolute Gasteiger partial charge is 0.372 e. The van der Waals surface area contributed by atoms with Crippen LogP contribution in [-0.4, -0.2) is 18.6 Å². The van der Waals surface area contributed by atoms with Gasteiger partial charge in [0, 0.05) is 13.6 Å². The van der Waals surface area contributed by atoms with Crippen molar-refractivity contribution < 1.29 is 4.39 Å². The van der Waals surface area contributed by atoms with E-state index in [1.807, 2.05) is 6.07 Å². The Labute approximate surface area is 127 Å². The summed E-state index contributed by atoms with van der Waals surface area (Å²) in [5.41, 5.74) is 0.913. The minimum Gasteiger partial charge on any atom is -0.372 e. The summed E-state index contributed by atoms with van der Waals surface area (Å²) in [5, 5.41) is 6.92. The van der Waals surface area contributed by atoms with Crippen LogP contribution in [0.1, 0.15) is 5.56 Å². The fourth-order valence-corrected chi connectivity index (χ4v) is 2.30. The summed E-state index contributed by atoms with van der Waals surface area (Å²) in [7, 11) is 1.73. The van der Waals surface area contributed by atoms with Gasteiger partial charge in [-0.1, -0.05) is 35.3 Å². The monoisotopic (exact) mass is 313 g/mol. The lowest BCUT2D eigenvalue weighted by Gasteiger charge is -2.10. The minimum atomic E-state index is -0.234. The number of hydrogen-bond donors (Lipinski definition) is 2. The Morgan fingerprint density at radius 2 is 1.90 bits per heavy atom. The number of halogens is 3. The third kappa shape index (κ3) is 3.74. The molecule has 0 spiro atoms. The number of nitrogens with zero attached hydrogens (tertiary/aromatic N) is 1. The summed E-state index contributed by atoms with van der Waals surface area (Å²) in [5.74, 6) is 0.878. The molecule has 1 aromatic carbocycles. The second kappa shape index (κ2) is 6.77. The summed E-state index contributed by atoms with van der Waals surface area (Å²) in [6.45, 7) is 0.598. The molecule has 0 saturated carbocycles. The fraction of sp³-hybridized carbons (Fsp3) is 0.214. The molecule has 0 aliphatic rings. The van der Waals surface area contributed by atoms with Gasteiger partial charge in [-0.05, 0) is 30.2 Å². The molecule has 0 aliphatic carbocycles. The summed E-state index contributed by atoms with van der Waals surface area (Å²) in [6, 6.07) is 8.13. The van der Waals surface area contributed by atoms with E-state index in [2.05, 4.69) is 15.6 Å². The van der Waals surface area contributed by atoms with Crippen molar-refractivity contribution in [1.29, 1.82) is 0 Å². The average Bonchev–Trinajstić information content (AvgIpc) is 2.41. The van der Waals surface area contributed by atoms with E-state index in [0.717, 1.165) is 5.56 Å². The van der Waals surface area contributed by atoms with E-state index in [0.29, 0.717) is 34.6 Å². The van der Waals surface area contributed by atoms with E-state index in [1.54, 1.807) is 19.2 Å². The standard InChI is InChI=1S/C14H14Cl2FN3/c1-18-13-11(15)8-12(16)14(20-13)19-6-5-9-3-2-4-10(17)7-9/h2-4,7-8H,5-6H2,1H3,(H2,18,19,20). The molecule has 1 heterocycles. The highest BCUT2D eigenvalue weighted by atomic mass is 35.5. The third-order valence-electron chi connectivity index (χ3n) is 2.76. The van der Waals surface area contributed by atoms with Gasteiger partial charge in [0.15, 0.2) is 0 Å². The van der Waals surface area contributed by atoms with Crippen molar-refractivity contribution in [2.75, 3.05) is 24.2 Å². The summed E-state index contributed by atoms with van der Waals surface area (Å²) in [6.07, 6.45) is 0.674. The molecule has 6 heteroatoms. The van der Waals surface area contributed by atoms with Gasteiger partial charge in [0.25, 0.3) is 0 Å². The van der Waals surface area contributed by atoms with Crippen LogP contribution in [0.2, 0.25) is 10.0 Å². The Balaban J connectivity index is 2.00. The number of benzene rings is 1. The van der Waals surface area contributed by atoms with Crippen LogP contribution < -0.4 is 10.6 Å². The second-order valence-corrected chi connectivity index (χ2v) is 5.02. The van der Waals surface area contributed by atoms with Crippen molar-refractivity contribution in [3.05, 3.63) is 51.8 Å². The predicted molar refractivity (Wildman–Crippen MR) is 82.4 cm³/mol. The molecular weight excluding hydrogens is 300 g/mol. The number of rotatable bonds is 5. The number of aromatic nitrogens is 1. The van der Waals surface area contributed by atoms with E-state index in [4.69, 9.17) is 23.2 Å². The van der Waals surface area contributed by atoms with Crippen LogP contribution >= 0.6 is 23.2 Å². The lowest BCUT2D eigenvalue weighted by atomic mass is 10.1. The van der Waals surface area contributed by atoms with Crippen molar-refractivity contribution in [3.63, 3.8) is 0 Å². The zero-order chi connectivity index (χ0) is 14.5. The molecule has 0 atom stereocenters. The Kier molecular flexibility index (Phi) is 5.04. The first-order valence-corrected chi connectivity index (χ1v) is 6.88. The number of hydrogen-bond acceptors (Lipinski definition) is 3. The van der Waals surface area contributed by atoms with Crippen molar-refractivity contribution in [2.24, 2.45) is 0 Å². The van der Waals surface area contributed by atoms with Crippen molar-refractivity contribution in [2.45, 2.75) is 6.42 Å². The Morgan fingerprint density at radius 1 is 1.15 bits per heavy atom. The number of anilines is 2. The van der Waals surface area contributed by atoms with Gasteiger partial charge < -0.3 is 10.6 Å². The summed E-state index contributed by atoms with van der Waals surface area (Å²) >= 11 is 12.0. The van der Waals surface area contributed by atoms with Crippen molar-refractivity contribution in [1.82, 2.24) is 4.98 Å². The topological polar surface area (TPSA) is 37.0 Å². The minimum absolute atomic E-state index is 0.234. The van der Waals surface area contributed by atoms with Crippen LogP contribution in [0.15, 0.2) is 30.3 Å². The van der Waals surface area contributed by atoms with Gasteiger partial charge in [-0.3, -0.25) is 0 Å². The fourth-order valence-electron chi connectivity index (χ4n) is 1.78. The third-order valence-corrected chi connectivity index (χ3v) is 3.34. The van der Waals surface area contributed by atoms with E-state index in [-0.39, 0.29) is 5.82 Å². The average molecular weight is 314 g/mol. The summed E-state index contributed by atoms with van der Waals surface area (Å²) < 4.78 is 13.0. The first kappa shape index (κ1) is 14.9. The molecule has 0 amide bonds. The second-order valence-electron chi connectivity index (χ2n) is 4.21. The molecule has 0 radical (unpaired) electrons. The smallest absolute Gasteiger partial charge is 0.147 e. The molecule has 1 aromatic heterocycles. The van der Waals surface area contributed by atoms with E-state index in [9.17, 15) is 4.39 Å². The molecule has 3 nitrogen and oxygen atoms in total. The van der Waals surface area contributed by atoms with Crippen LogP contribution in [0.5, 0.6) is 0 Å². The zero-order valence-electron chi connectivity index (χ0n) is 10.9. The lowest BCUT2D eigenvalue weighted by Crippen LogP contribution is -2.08. The predicted octanol–water partition coefficient (Wildman–Crippen LogP) is 4.22. The van der Waals surface area contributed by atoms with Crippen LogP contribution in [-0.2, 0) is 6.42 Å². The maximum atomic E-state index is 13.0. The van der Waals surface area contributed by atoms with Gasteiger partial charge in [-0.2, -0.15) is 0 Å². The van der Waals surface area contributed by atoms with Crippen LogP contribution in [0.25, 0.3) is 0 Å². The van der Waals surface area contributed by atoms with Crippen LogP contribution in [0.3, 0.4) is 0 Å². The van der Waals surface area contributed by atoms with Gasteiger partial charge in [-0.25, -0.2) is 9.37 Å². The Hall–Kier alpha value is -1.52. The highest BCUT2D eigenvalue weighted by Crippen LogP contribution is 2.28. The molecule has 106 valence electrons. The van der Waals surface area contributed by atoms with Gasteiger partial charge in [0.1, 0.15) is 17.5 Å². The molecule has 0 bridgehead atoms. The SMILES string of the molecule is CNc1nc(NCCc2cccc(F)c2)c(Cl)cc1Cl. The first-order chi connectivity index (χ1) is 9.60. The zero-order valence-corrected chi connectivity index (χ0v) is 12.4. The van der Waals surface area contributed by atoms with Crippen molar-refractivity contribution in [3.8, 4) is 0 Å². The van der Waals surface area contributed by atoms with Gasteiger partial charge in [0.2, 0.25) is 0 Å². The maximum absolute atomic E-state index is 13.0. The normalized spacial score (nSPS) is 10.4. The highest BCUT2D eigenvalue weighted by Gasteiger charge is 2.07. The number of nitrogens with one attached hydrogen (secondary N) is 2. The van der Waals surface area contributed by atoms with Gasteiger partial charge in [0.05, 0.1) is 10.0 Å². The molecular formula is C14H14Cl2FN3. The molecule has 2 rings (SSSR count). The van der Waals surface area contributed by atoms with Gasteiger partial charge in [-0.15, -0.1) is 0 Å². The molecule has 0 fully saturated rings. The van der Waals surface area contributed by atoms with E-state index in [1.165, 1.54) is 12.1 Å². The first-order valence-electron chi connectivity index (χ1n) is 6.12. The van der Waals surface area contributed by atoms with Crippen molar-refractivity contribution >= 4 is 34.8 Å². The molecule has 0 aliphatic heterocycles. The molecule has 2 N–H and O–H groups in total. The molecule has 0 unspecified atom stereocenters. The van der Waals surface area contributed by atoms with Crippen LogP contribution in [0, 0.1) is 5.82 Å². The molecule has 20 heavy (non-hydrogen) atoms. The Morgan fingerprint density at radius 3 is 2.60 bits per heavy atom. The summed E-state index contributed by atoms with van der Waals surface area (Å²) in [4.78, 5) is 4.28. The van der Waals surface area contributed by atoms with E-state index < -0.39 is 0 Å². The van der Waals surface area contributed by atoms with Gasteiger partial charge >= 0.3 is 0 Å². The quantitative estimate of drug-likeness (QED) is 0.867. The lowest BCUT2D eigenvalue weighted by molar-refractivity contribution is 0.625. The maximum Gasteiger partial charge on any atom is 0.147 e.